The number of ether oxygens (including phenoxy) is 1. The molecule has 1 amide bonds. The van der Waals surface area contributed by atoms with E-state index in [0.717, 1.165) is 39.4 Å². The molecule has 1 N–H and O–H groups in total. The molecule has 0 atom stereocenters. The van der Waals surface area contributed by atoms with Crippen molar-refractivity contribution in [2.45, 2.75) is 18.9 Å². The van der Waals surface area contributed by atoms with Crippen molar-refractivity contribution in [2.24, 2.45) is 0 Å². The number of nitrogens with zero attached hydrogens (tertiary/aromatic N) is 2. The molecule has 2 heterocycles. The minimum Gasteiger partial charge on any atom is -0.481 e. The molecule has 6 nitrogen and oxygen atoms in total. The third-order valence-corrected chi connectivity index (χ3v) is 3.33. The SMILES string of the molecule is O=C(O)CCC(=O)N1CC(N2CCOCC2)C1. The lowest BCUT2D eigenvalue weighted by Crippen LogP contribution is -2.62. The summed E-state index contributed by atoms with van der Waals surface area (Å²) in [6.07, 6.45) is 0.0444. The number of carboxylic acids is 1. The van der Waals surface area contributed by atoms with Crippen LogP contribution in [0, 0.1) is 0 Å². The van der Waals surface area contributed by atoms with Gasteiger partial charge < -0.3 is 14.7 Å². The molecule has 0 aliphatic carbocycles. The van der Waals surface area contributed by atoms with Gasteiger partial charge in [0.1, 0.15) is 0 Å². The van der Waals surface area contributed by atoms with Crippen LogP contribution in [0.2, 0.25) is 0 Å². The smallest absolute Gasteiger partial charge is 0.303 e. The summed E-state index contributed by atoms with van der Waals surface area (Å²) in [6, 6.07) is 0.438. The van der Waals surface area contributed by atoms with E-state index >= 15 is 0 Å². The van der Waals surface area contributed by atoms with E-state index in [9.17, 15) is 9.59 Å². The highest BCUT2D eigenvalue weighted by atomic mass is 16.5. The standard InChI is InChI=1S/C11H18N2O4/c14-10(1-2-11(15)16)13-7-9(8-13)12-3-5-17-6-4-12/h9H,1-8H2,(H,15,16). The van der Waals surface area contributed by atoms with Crippen LogP contribution in [0.4, 0.5) is 0 Å². The number of carboxylic acid groups (broad SMARTS) is 1. The first-order chi connectivity index (χ1) is 8.16. The second-order valence-electron chi connectivity index (χ2n) is 4.49. The fourth-order valence-corrected chi connectivity index (χ4v) is 2.20. The molecule has 0 spiro atoms. The third kappa shape index (κ3) is 3.17. The largest absolute Gasteiger partial charge is 0.481 e. The zero-order valence-corrected chi connectivity index (χ0v) is 9.80. The van der Waals surface area contributed by atoms with Crippen LogP contribution in [0.3, 0.4) is 0 Å². The van der Waals surface area contributed by atoms with Crippen molar-refractivity contribution in [3.8, 4) is 0 Å². The Labute approximate surface area is 100 Å². The molecule has 2 aliphatic heterocycles. The van der Waals surface area contributed by atoms with E-state index < -0.39 is 5.97 Å². The van der Waals surface area contributed by atoms with Crippen molar-refractivity contribution in [3.63, 3.8) is 0 Å². The lowest BCUT2D eigenvalue weighted by Gasteiger charge is -2.46. The fourth-order valence-electron chi connectivity index (χ4n) is 2.20. The summed E-state index contributed by atoms with van der Waals surface area (Å²) in [5.41, 5.74) is 0. The quantitative estimate of drug-likeness (QED) is 0.712. The van der Waals surface area contributed by atoms with Gasteiger partial charge in [-0.05, 0) is 0 Å². The lowest BCUT2D eigenvalue weighted by atomic mass is 10.1. The molecule has 2 saturated heterocycles. The Hall–Kier alpha value is -1.14. The number of morpholine rings is 1. The number of rotatable bonds is 4. The Kier molecular flexibility index (Phi) is 3.96. The van der Waals surface area contributed by atoms with Gasteiger partial charge in [0.25, 0.3) is 0 Å². The average Bonchev–Trinajstić information content (AvgIpc) is 2.26. The van der Waals surface area contributed by atoms with E-state index in [-0.39, 0.29) is 18.7 Å². The first-order valence-corrected chi connectivity index (χ1v) is 5.98. The Morgan fingerprint density at radius 2 is 1.82 bits per heavy atom. The van der Waals surface area contributed by atoms with Crippen LogP contribution in [0.5, 0.6) is 0 Å². The minimum absolute atomic E-state index is 0.0445. The van der Waals surface area contributed by atoms with E-state index in [0.29, 0.717) is 6.04 Å². The van der Waals surface area contributed by atoms with Crippen molar-refractivity contribution in [3.05, 3.63) is 0 Å². The molecule has 0 bridgehead atoms. The number of aliphatic carboxylic acids is 1. The van der Waals surface area contributed by atoms with Crippen LogP contribution in [-0.4, -0.2) is 72.2 Å². The second kappa shape index (κ2) is 5.46. The van der Waals surface area contributed by atoms with Crippen LogP contribution in [0.1, 0.15) is 12.8 Å². The maximum Gasteiger partial charge on any atom is 0.303 e. The molecule has 96 valence electrons. The Morgan fingerprint density at radius 3 is 2.41 bits per heavy atom. The summed E-state index contributed by atoms with van der Waals surface area (Å²) in [5.74, 6) is -0.958. The third-order valence-electron chi connectivity index (χ3n) is 3.33. The van der Waals surface area contributed by atoms with Crippen LogP contribution in [0.15, 0.2) is 0 Å². The summed E-state index contributed by atoms with van der Waals surface area (Å²) >= 11 is 0. The summed E-state index contributed by atoms with van der Waals surface area (Å²) < 4.78 is 5.27. The second-order valence-corrected chi connectivity index (χ2v) is 4.49. The van der Waals surface area contributed by atoms with Crippen molar-refractivity contribution in [1.29, 1.82) is 0 Å². The van der Waals surface area contributed by atoms with Crippen molar-refractivity contribution in [1.82, 2.24) is 9.80 Å². The number of carbonyl (C=O) groups excluding carboxylic acids is 1. The molecule has 17 heavy (non-hydrogen) atoms. The van der Waals surface area contributed by atoms with Crippen molar-refractivity contribution >= 4 is 11.9 Å². The molecular formula is C11H18N2O4. The van der Waals surface area contributed by atoms with E-state index in [4.69, 9.17) is 9.84 Å². The van der Waals surface area contributed by atoms with Crippen LogP contribution in [0.25, 0.3) is 0 Å². The normalized spacial score (nSPS) is 22.2. The van der Waals surface area contributed by atoms with Gasteiger partial charge in [0, 0.05) is 38.6 Å². The van der Waals surface area contributed by atoms with Gasteiger partial charge in [-0.15, -0.1) is 0 Å². The van der Waals surface area contributed by atoms with Gasteiger partial charge in [0.2, 0.25) is 5.91 Å². The molecule has 6 heteroatoms. The predicted molar refractivity (Wildman–Crippen MR) is 59.6 cm³/mol. The molecule has 0 radical (unpaired) electrons. The summed E-state index contributed by atoms with van der Waals surface area (Å²) in [6.45, 7) is 4.87. The Bertz CT molecular complexity index is 296. The number of hydrogen-bond acceptors (Lipinski definition) is 4. The van der Waals surface area contributed by atoms with Gasteiger partial charge in [-0.25, -0.2) is 0 Å². The van der Waals surface area contributed by atoms with E-state index in [2.05, 4.69) is 4.90 Å². The fraction of sp³-hybridized carbons (Fsp3) is 0.818. The molecule has 2 fully saturated rings. The number of amides is 1. The summed E-state index contributed by atoms with van der Waals surface area (Å²) in [4.78, 5) is 26.0. The lowest BCUT2D eigenvalue weighted by molar-refractivity contribution is -0.145. The summed E-state index contributed by atoms with van der Waals surface area (Å²) in [7, 11) is 0. The zero-order valence-electron chi connectivity index (χ0n) is 9.80. The number of carbonyl (C=O) groups is 2. The van der Waals surface area contributed by atoms with Crippen LogP contribution >= 0.6 is 0 Å². The molecular weight excluding hydrogens is 224 g/mol. The Balaban J connectivity index is 1.67. The highest BCUT2D eigenvalue weighted by Crippen LogP contribution is 2.17. The van der Waals surface area contributed by atoms with Gasteiger partial charge >= 0.3 is 5.97 Å². The van der Waals surface area contributed by atoms with Crippen LogP contribution < -0.4 is 0 Å². The average molecular weight is 242 g/mol. The highest BCUT2D eigenvalue weighted by Gasteiger charge is 2.34. The number of hydrogen-bond donors (Lipinski definition) is 1. The van der Waals surface area contributed by atoms with Gasteiger partial charge in [0.05, 0.1) is 19.6 Å². The minimum atomic E-state index is -0.913. The topological polar surface area (TPSA) is 70.1 Å². The van der Waals surface area contributed by atoms with E-state index in [1.165, 1.54) is 0 Å². The van der Waals surface area contributed by atoms with Crippen molar-refractivity contribution < 1.29 is 19.4 Å². The maximum atomic E-state index is 11.6. The van der Waals surface area contributed by atoms with E-state index in [1.54, 1.807) is 4.90 Å². The number of likely N-dealkylation sites (tertiary alicyclic amines) is 1. The molecule has 0 aromatic rings. The molecule has 2 rings (SSSR count). The van der Waals surface area contributed by atoms with Gasteiger partial charge in [-0.2, -0.15) is 0 Å². The predicted octanol–water partition coefficient (Wildman–Crippen LogP) is -0.606. The summed E-state index contributed by atoms with van der Waals surface area (Å²) in [5, 5.41) is 8.50. The first-order valence-electron chi connectivity index (χ1n) is 5.98. The molecule has 0 aromatic heterocycles. The van der Waals surface area contributed by atoms with Crippen molar-refractivity contribution in [2.75, 3.05) is 39.4 Å². The molecule has 0 saturated carbocycles. The molecule has 0 unspecified atom stereocenters. The van der Waals surface area contributed by atoms with Gasteiger partial charge in [-0.3, -0.25) is 14.5 Å². The molecule has 2 aliphatic rings. The maximum absolute atomic E-state index is 11.6. The first kappa shape index (κ1) is 12.3. The zero-order chi connectivity index (χ0) is 12.3. The molecule has 0 aromatic carbocycles. The van der Waals surface area contributed by atoms with E-state index in [1.807, 2.05) is 0 Å². The monoisotopic (exact) mass is 242 g/mol. The van der Waals surface area contributed by atoms with Gasteiger partial charge in [0.15, 0.2) is 0 Å². The Morgan fingerprint density at radius 1 is 1.18 bits per heavy atom. The van der Waals surface area contributed by atoms with Crippen LogP contribution in [-0.2, 0) is 14.3 Å². The highest BCUT2D eigenvalue weighted by molar-refractivity contribution is 5.81. The van der Waals surface area contributed by atoms with Gasteiger partial charge in [-0.1, -0.05) is 0 Å².